The number of rotatable bonds is 4. The van der Waals surface area contributed by atoms with Crippen molar-refractivity contribution in [3.8, 4) is 5.75 Å². The van der Waals surface area contributed by atoms with Gasteiger partial charge >= 0.3 is 5.97 Å². The van der Waals surface area contributed by atoms with Crippen LogP contribution in [0, 0.1) is 0 Å². The molecule has 7 nitrogen and oxygen atoms in total. The van der Waals surface area contributed by atoms with Crippen molar-refractivity contribution < 1.29 is 28.2 Å². The number of carbonyl (C=O) groups excluding carboxylic acids is 1. The lowest BCUT2D eigenvalue weighted by Gasteiger charge is -2.07. The van der Waals surface area contributed by atoms with E-state index in [2.05, 4.69) is 5.32 Å². The van der Waals surface area contributed by atoms with Gasteiger partial charge in [0.1, 0.15) is 11.3 Å². The Balaban J connectivity index is 2.19. The van der Waals surface area contributed by atoms with Crippen LogP contribution < -0.4 is 5.32 Å². The van der Waals surface area contributed by atoms with E-state index in [4.69, 9.17) is 5.11 Å². The third-order valence-corrected chi connectivity index (χ3v) is 4.16. The summed E-state index contributed by atoms with van der Waals surface area (Å²) >= 11 is 0. The van der Waals surface area contributed by atoms with E-state index in [1.165, 1.54) is 36.4 Å². The van der Waals surface area contributed by atoms with Crippen LogP contribution in [0.4, 0.5) is 5.69 Å². The summed E-state index contributed by atoms with van der Waals surface area (Å²) in [5, 5.41) is 20.9. The Bertz CT molecular complexity index is 871. The van der Waals surface area contributed by atoms with Gasteiger partial charge < -0.3 is 15.5 Å². The molecule has 2 rings (SSSR count). The Morgan fingerprint density at radius 3 is 2.13 bits per heavy atom. The molecule has 8 heteroatoms. The van der Waals surface area contributed by atoms with Gasteiger partial charge in [-0.2, -0.15) is 0 Å². The number of hydrogen-bond acceptors (Lipinski definition) is 5. The second-order valence-corrected chi connectivity index (χ2v) is 6.80. The number of carbonyl (C=O) groups is 2. The zero-order chi connectivity index (χ0) is 17.2. The molecule has 0 heterocycles. The van der Waals surface area contributed by atoms with Crippen molar-refractivity contribution in [2.24, 2.45) is 0 Å². The van der Waals surface area contributed by atoms with E-state index in [0.717, 1.165) is 12.3 Å². The van der Waals surface area contributed by atoms with Crippen molar-refractivity contribution >= 4 is 27.4 Å². The summed E-state index contributed by atoms with van der Waals surface area (Å²) in [5.41, 5.74) is 0.157. The molecular formula is C15H13NO6S. The van der Waals surface area contributed by atoms with Gasteiger partial charge in [0.15, 0.2) is 9.84 Å². The van der Waals surface area contributed by atoms with Gasteiger partial charge in [-0.1, -0.05) is 0 Å². The molecule has 0 saturated heterocycles. The SMILES string of the molecule is CS(=O)(=O)c1ccc(C(=O)Nc2ccc(C(=O)O)c(O)c2)cc1. The van der Waals surface area contributed by atoms with Crippen molar-refractivity contribution in [2.45, 2.75) is 4.90 Å². The maximum Gasteiger partial charge on any atom is 0.339 e. The van der Waals surface area contributed by atoms with Crippen LogP contribution in [0.3, 0.4) is 0 Å². The quantitative estimate of drug-likeness (QED) is 0.782. The van der Waals surface area contributed by atoms with Gasteiger partial charge in [-0.05, 0) is 36.4 Å². The zero-order valence-electron chi connectivity index (χ0n) is 12.0. The summed E-state index contributed by atoms with van der Waals surface area (Å²) < 4.78 is 22.7. The number of phenols is 1. The highest BCUT2D eigenvalue weighted by atomic mass is 32.2. The number of carboxylic acid groups (broad SMARTS) is 1. The van der Waals surface area contributed by atoms with Crippen molar-refractivity contribution in [3.05, 3.63) is 53.6 Å². The van der Waals surface area contributed by atoms with Crippen molar-refractivity contribution in [3.63, 3.8) is 0 Å². The Morgan fingerprint density at radius 1 is 1.04 bits per heavy atom. The highest BCUT2D eigenvalue weighted by molar-refractivity contribution is 7.90. The molecule has 0 aromatic heterocycles. The summed E-state index contributed by atoms with van der Waals surface area (Å²) in [4.78, 5) is 22.9. The molecule has 0 fully saturated rings. The lowest BCUT2D eigenvalue weighted by atomic mass is 10.1. The second kappa shape index (κ2) is 6.09. The number of anilines is 1. The zero-order valence-corrected chi connectivity index (χ0v) is 12.8. The minimum absolute atomic E-state index is 0.0949. The van der Waals surface area contributed by atoms with Gasteiger partial charge in [-0.15, -0.1) is 0 Å². The van der Waals surface area contributed by atoms with Crippen LogP contribution in [-0.4, -0.2) is 36.8 Å². The molecule has 23 heavy (non-hydrogen) atoms. The Morgan fingerprint density at radius 2 is 1.65 bits per heavy atom. The fraction of sp³-hybridized carbons (Fsp3) is 0.0667. The highest BCUT2D eigenvalue weighted by Crippen LogP contribution is 2.22. The van der Waals surface area contributed by atoms with Crippen LogP contribution in [0.15, 0.2) is 47.4 Å². The van der Waals surface area contributed by atoms with Crippen molar-refractivity contribution in [2.75, 3.05) is 11.6 Å². The highest BCUT2D eigenvalue weighted by Gasteiger charge is 2.13. The molecule has 0 unspecified atom stereocenters. The van der Waals surface area contributed by atoms with E-state index in [-0.39, 0.29) is 21.7 Å². The van der Waals surface area contributed by atoms with Gasteiger partial charge in [0, 0.05) is 23.6 Å². The lowest BCUT2D eigenvalue weighted by molar-refractivity contribution is 0.0693. The molecule has 120 valence electrons. The van der Waals surface area contributed by atoms with Crippen LogP contribution in [0.1, 0.15) is 20.7 Å². The fourth-order valence-corrected chi connectivity index (χ4v) is 2.48. The summed E-state index contributed by atoms with van der Waals surface area (Å²) in [5.74, 6) is -2.27. The molecule has 1 amide bonds. The molecule has 0 aliphatic carbocycles. The number of carboxylic acids is 1. The topological polar surface area (TPSA) is 121 Å². The number of aromatic carboxylic acids is 1. The lowest BCUT2D eigenvalue weighted by Crippen LogP contribution is -2.12. The molecule has 0 aliphatic heterocycles. The van der Waals surface area contributed by atoms with Gasteiger partial charge in [0.2, 0.25) is 0 Å². The molecule has 0 spiro atoms. The van der Waals surface area contributed by atoms with E-state index in [9.17, 15) is 23.1 Å². The Labute approximate surface area is 132 Å². The van der Waals surface area contributed by atoms with Crippen LogP contribution in [-0.2, 0) is 9.84 Å². The Kier molecular flexibility index (Phi) is 4.37. The first-order valence-electron chi connectivity index (χ1n) is 6.36. The first-order valence-corrected chi connectivity index (χ1v) is 8.25. The second-order valence-electron chi connectivity index (χ2n) is 4.79. The van der Waals surface area contributed by atoms with Gasteiger partial charge in [0.25, 0.3) is 5.91 Å². The van der Waals surface area contributed by atoms with E-state index in [1.54, 1.807) is 0 Å². The van der Waals surface area contributed by atoms with Crippen LogP contribution in [0.2, 0.25) is 0 Å². The van der Waals surface area contributed by atoms with Gasteiger partial charge in [-0.25, -0.2) is 13.2 Å². The molecule has 0 bridgehead atoms. The molecule has 0 aliphatic rings. The molecule has 2 aromatic carbocycles. The van der Waals surface area contributed by atoms with Crippen LogP contribution >= 0.6 is 0 Å². The fourth-order valence-electron chi connectivity index (χ4n) is 1.85. The summed E-state index contributed by atoms with van der Waals surface area (Å²) in [6.45, 7) is 0. The number of benzene rings is 2. The third kappa shape index (κ3) is 3.86. The maximum atomic E-state index is 12.0. The number of nitrogens with one attached hydrogen (secondary N) is 1. The maximum absolute atomic E-state index is 12.0. The first-order chi connectivity index (χ1) is 10.7. The minimum Gasteiger partial charge on any atom is -0.507 e. The number of aromatic hydroxyl groups is 1. The number of sulfone groups is 1. The average Bonchev–Trinajstić information content (AvgIpc) is 2.46. The molecule has 3 N–H and O–H groups in total. The summed E-state index contributed by atoms with van der Waals surface area (Å²) in [6, 6.07) is 8.97. The first kappa shape index (κ1) is 16.5. The average molecular weight is 335 g/mol. The summed E-state index contributed by atoms with van der Waals surface area (Å²) in [7, 11) is -3.34. The Hall–Kier alpha value is -2.87. The predicted octanol–water partition coefficient (Wildman–Crippen LogP) is 1.75. The van der Waals surface area contributed by atoms with Gasteiger partial charge in [-0.3, -0.25) is 4.79 Å². The van der Waals surface area contributed by atoms with Crippen LogP contribution in [0.25, 0.3) is 0 Å². The molecule has 2 aromatic rings. The van der Waals surface area contributed by atoms with Crippen molar-refractivity contribution in [1.29, 1.82) is 0 Å². The van der Waals surface area contributed by atoms with E-state index < -0.39 is 27.5 Å². The predicted molar refractivity (Wildman–Crippen MR) is 82.6 cm³/mol. The van der Waals surface area contributed by atoms with Crippen molar-refractivity contribution in [1.82, 2.24) is 0 Å². The summed E-state index contributed by atoms with van der Waals surface area (Å²) in [6.07, 6.45) is 1.06. The smallest absolute Gasteiger partial charge is 0.339 e. The van der Waals surface area contributed by atoms with Gasteiger partial charge in [0.05, 0.1) is 4.90 Å². The molecule has 0 radical (unpaired) electrons. The molecular weight excluding hydrogens is 322 g/mol. The molecule has 0 atom stereocenters. The third-order valence-electron chi connectivity index (χ3n) is 3.03. The standard InChI is InChI=1S/C15H13NO6S/c1-23(21,22)11-5-2-9(3-6-11)14(18)16-10-4-7-12(15(19)20)13(17)8-10/h2-8,17H,1H3,(H,16,18)(H,19,20). The van der Waals surface area contributed by atoms with Crippen LogP contribution in [0.5, 0.6) is 5.75 Å². The van der Waals surface area contributed by atoms with E-state index in [1.807, 2.05) is 0 Å². The number of amides is 1. The van der Waals surface area contributed by atoms with E-state index in [0.29, 0.717) is 0 Å². The largest absolute Gasteiger partial charge is 0.507 e. The normalized spacial score (nSPS) is 11.0. The number of hydrogen-bond donors (Lipinski definition) is 3. The monoisotopic (exact) mass is 335 g/mol. The minimum atomic E-state index is -3.34. The van der Waals surface area contributed by atoms with E-state index >= 15 is 0 Å². The molecule has 0 saturated carbocycles.